The molecule has 3 nitrogen and oxygen atoms in total. The van der Waals surface area contributed by atoms with E-state index in [0.717, 1.165) is 30.3 Å². The lowest BCUT2D eigenvalue weighted by Gasteiger charge is -2.36. The smallest absolute Gasteiger partial charge is 0.188 e. The van der Waals surface area contributed by atoms with Gasteiger partial charge in [-0.1, -0.05) is 30.2 Å². The predicted octanol–water partition coefficient (Wildman–Crippen LogP) is 3.29. The van der Waals surface area contributed by atoms with E-state index in [2.05, 4.69) is 22.4 Å². The maximum absolute atomic E-state index is 6.03. The zero-order valence-electron chi connectivity index (χ0n) is 11.7. The number of nitrogens with two attached hydrogens (primary N) is 1. The first kappa shape index (κ1) is 13.7. The molecule has 1 aromatic rings. The molecule has 20 heavy (non-hydrogen) atoms. The lowest BCUT2D eigenvalue weighted by Crippen LogP contribution is -2.46. The van der Waals surface area contributed by atoms with Gasteiger partial charge in [0.05, 0.1) is 0 Å². The standard InChI is InChI=1S/C16H22ClN3/c17-14-6-2-5-12(7-14)13-8-15(9-13)20-16(18)19-10-11-3-1-4-11/h2,5-7,11,13,15H,1,3-4,8-10H2,(H3,18,19,20). The first-order valence-electron chi connectivity index (χ1n) is 7.52. The van der Waals surface area contributed by atoms with Gasteiger partial charge in [0, 0.05) is 17.6 Å². The molecule has 2 aliphatic rings. The first-order chi connectivity index (χ1) is 9.70. The molecular weight excluding hydrogens is 270 g/mol. The fraction of sp³-hybridized carbons (Fsp3) is 0.562. The van der Waals surface area contributed by atoms with E-state index >= 15 is 0 Å². The van der Waals surface area contributed by atoms with Gasteiger partial charge in [0.25, 0.3) is 0 Å². The van der Waals surface area contributed by atoms with Gasteiger partial charge < -0.3 is 11.1 Å². The minimum atomic E-state index is 0.462. The molecule has 0 saturated heterocycles. The Labute approximate surface area is 125 Å². The highest BCUT2D eigenvalue weighted by Crippen LogP contribution is 2.37. The molecule has 108 valence electrons. The van der Waals surface area contributed by atoms with Gasteiger partial charge in [-0.05, 0) is 55.2 Å². The summed E-state index contributed by atoms with van der Waals surface area (Å²) < 4.78 is 0. The molecule has 2 aliphatic carbocycles. The zero-order chi connectivity index (χ0) is 13.9. The molecule has 3 N–H and O–H groups in total. The summed E-state index contributed by atoms with van der Waals surface area (Å²) in [4.78, 5) is 4.44. The van der Waals surface area contributed by atoms with Crippen molar-refractivity contribution in [2.75, 3.05) is 6.54 Å². The Morgan fingerprint density at radius 2 is 2.15 bits per heavy atom. The van der Waals surface area contributed by atoms with Crippen LogP contribution in [-0.2, 0) is 0 Å². The van der Waals surface area contributed by atoms with Crippen LogP contribution in [0.25, 0.3) is 0 Å². The van der Waals surface area contributed by atoms with Gasteiger partial charge in [-0.2, -0.15) is 0 Å². The van der Waals surface area contributed by atoms with Gasteiger partial charge in [0.1, 0.15) is 0 Å². The Morgan fingerprint density at radius 1 is 1.35 bits per heavy atom. The summed E-state index contributed by atoms with van der Waals surface area (Å²) in [6.45, 7) is 0.892. The summed E-state index contributed by atoms with van der Waals surface area (Å²) in [5.74, 6) is 1.99. The van der Waals surface area contributed by atoms with E-state index in [0.29, 0.717) is 17.9 Å². The summed E-state index contributed by atoms with van der Waals surface area (Å²) in [5, 5.41) is 4.15. The molecule has 0 spiro atoms. The molecule has 2 saturated carbocycles. The van der Waals surface area contributed by atoms with E-state index < -0.39 is 0 Å². The van der Waals surface area contributed by atoms with Crippen molar-refractivity contribution >= 4 is 17.6 Å². The second kappa shape index (κ2) is 6.04. The number of nitrogens with one attached hydrogen (secondary N) is 1. The predicted molar refractivity (Wildman–Crippen MR) is 84.2 cm³/mol. The van der Waals surface area contributed by atoms with Crippen molar-refractivity contribution in [1.82, 2.24) is 5.32 Å². The van der Waals surface area contributed by atoms with E-state index in [-0.39, 0.29) is 0 Å². The van der Waals surface area contributed by atoms with Crippen molar-refractivity contribution in [2.24, 2.45) is 16.6 Å². The summed E-state index contributed by atoms with van der Waals surface area (Å²) in [6.07, 6.45) is 6.21. The Bertz CT molecular complexity index is 490. The lowest BCUT2D eigenvalue weighted by atomic mass is 9.76. The van der Waals surface area contributed by atoms with Crippen LogP contribution in [-0.4, -0.2) is 18.5 Å². The number of nitrogens with zero attached hydrogens (tertiary/aromatic N) is 1. The van der Waals surface area contributed by atoms with E-state index in [9.17, 15) is 0 Å². The van der Waals surface area contributed by atoms with Gasteiger partial charge in [0.2, 0.25) is 0 Å². The van der Waals surface area contributed by atoms with E-state index in [4.69, 9.17) is 17.3 Å². The fourth-order valence-electron chi connectivity index (χ4n) is 2.93. The molecular formula is C16H22ClN3. The minimum Gasteiger partial charge on any atom is -0.370 e. The number of hydrogen-bond acceptors (Lipinski definition) is 1. The maximum atomic E-state index is 6.03. The molecule has 0 bridgehead atoms. The Morgan fingerprint density at radius 3 is 2.80 bits per heavy atom. The molecule has 0 aromatic heterocycles. The molecule has 0 unspecified atom stereocenters. The average molecular weight is 292 g/mol. The number of guanidine groups is 1. The van der Waals surface area contributed by atoms with Gasteiger partial charge in [-0.3, -0.25) is 4.99 Å². The van der Waals surface area contributed by atoms with Crippen LogP contribution in [0.5, 0.6) is 0 Å². The Balaban J connectivity index is 1.43. The van der Waals surface area contributed by atoms with Crippen LogP contribution in [0.4, 0.5) is 0 Å². The number of halogens is 1. The van der Waals surface area contributed by atoms with E-state index in [1.165, 1.54) is 24.8 Å². The van der Waals surface area contributed by atoms with Crippen LogP contribution in [0.2, 0.25) is 5.02 Å². The number of aliphatic imine (C=N–C) groups is 1. The van der Waals surface area contributed by atoms with Crippen LogP contribution in [0.1, 0.15) is 43.6 Å². The van der Waals surface area contributed by atoms with Crippen LogP contribution in [0.3, 0.4) is 0 Å². The lowest BCUT2D eigenvalue weighted by molar-refractivity contribution is 0.317. The normalized spacial score (nSPS) is 26.8. The summed E-state index contributed by atoms with van der Waals surface area (Å²) in [7, 11) is 0. The topological polar surface area (TPSA) is 50.4 Å². The molecule has 4 heteroatoms. The van der Waals surface area contributed by atoms with E-state index in [1.54, 1.807) is 0 Å². The fourth-order valence-corrected chi connectivity index (χ4v) is 3.12. The molecule has 0 atom stereocenters. The molecule has 0 aliphatic heterocycles. The van der Waals surface area contributed by atoms with Gasteiger partial charge in [0.15, 0.2) is 5.96 Å². The zero-order valence-corrected chi connectivity index (χ0v) is 12.4. The Kier molecular flexibility index (Phi) is 4.16. The number of rotatable bonds is 4. The monoisotopic (exact) mass is 291 g/mol. The largest absolute Gasteiger partial charge is 0.370 e. The van der Waals surface area contributed by atoms with Crippen molar-refractivity contribution in [3.63, 3.8) is 0 Å². The van der Waals surface area contributed by atoms with E-state index in [1.807, 2.05) is 12.1 Å². The highest BCUT2D eigenvalue weighted by atomic mass is 35.5. The third kappa shape index (κ3) is 3.26. The number of benzene rings is 1. The molecule has 1 aromatic carbocycles. The molecule has 0 amide bonds. The Hall–Kier alpha value is -1.22. The van der Waals surface area contributed by atoms with Crippen LogP contribution in [0, 0.1) is 5.92 Å². The quantitative estimate of drug-likeness (QED) is 0.661. The molecule has 2 fully saturated rings. The van der Waals surface area contributed by atoms with Gasteiger partial charge >= 0.3 is 0 Å². The first-order valence-corrected chi connectivity index (χ1v) is 7.90. The third-order valence-electron chi connectivity index (χ3n) is 4.55. The van der Waals surface area contributed by atoms with Crippen LogP contribution in [0.15, 0.2) is 29.3 Å². The second-order valence-corrected chi connectivity index (χ2v) is 6.52. The molecule has 3 rings (SSSR count). The highest BCUT2D eigenvalue weighted by molar-refractivity contribution is 6.30. The molecule has 0 heterocycles. The second-order valence-electron chi connectivity index (χ2n) is 6.09. The van der Waals surface area contributed by atoms with Crippen molar-refractivity contribution in [2.45, 2.75) is 44.1 Å². The third-order valence-corrected chi connectivity index (χ3v) is 4.79. The SMILES string of the molecule is NC(=NCC1CCC1)NC1CC(c2cccc(Cl)c2)C1. The maximum Gasteiger partial charge on any atom is 0.188 e. The summed E-state index contributed by atoms with van der Waals surface area (Å²) >= 11 is 6.03. The van der Waals surface area contributed by atoms with Crippen molar-refractivity contribution in [1.29, 1.82) is 0 Å². The molecule has 0 radical (unpaired) electrons. The van der Waals surface area contributed by atoms with Crippen molar-refractivity contribution in [3.05, 3.63) is 34.9 Å². The van der Waals surface area contributed by atoms with Gasteiger partial charge in [-0.15, -0.1) is 0 Å². The summed E-state index contributed by atoms with van der Waals surface area (Å²) in [6, 6.07) is 8.62. The van der Waals surface area contributed by atoms with Crippen molar-refractivity contribution < 1.29 is 0 Å². The summed E-state index contributed by atoms with van der Waals surface area (Å²) in [5.41, 5.74) is 7.27. The van der Waals surface area contributed by atoms with Crippen molar-refractivity contribution in [3.8, 4) is 0 Å². The van der Waals surface area contributed by atoms with Crippen LogP contribution < -0.4 is 11.1 Å². The van der Waals surface area contributed by atoms with Gasteiger partial charge in [-0.25, -0.2) is 0 Å². The van der Waals surface area contributed by atoms with Crippen LogP contribution >= 0.6 is 11.6 Å². The minimum absolute atomic E-state index is 0.462. The average Bonchev–Trinajstić information content (AvgIpc) is 2.31. The highest BCUT2D eigenvalue weighted by Gasteiger charge is 2.30. The number of hydrogen-bond donors (Lipinski definition) is 2.